The van der Waals surface area contributed by atoms with E-state index in [4.69, 9.17) is 10.5 Å². The zero-order valence-corrected chi connectivity index (χ0v) is 14.8. The maximum absolute atomic E-state index is 11.7. The number of carbonyl (C=O) groups is 1. The number of methoxy groups -OCH3 is 1. The third-order valence-corrected chi connectivity index (χ3v) is 3.84. The van der Waals surface area contributed by atoms with Gasteiger partial charge in [0.15, 0.2) is 0 Å². The van der Waals surface area contributed by atoms with Gasteiger partial charge in [0, 0.05) is 20.2 Å². The van der Waals surface area contributed by atoms with Crippen LogP contribution < -0.4 is 11.1 Å². The molecule has 5 nitrogen and oxygen atoms in total. The van der Waals surface area contributed by atoms with Gasteiger partial charge in [-0.25, -0.2) is 0 Å². The minimum atomic E-state index is -0.161. The molecule has 21 heavy (non-hydrogen) atoms. The fourth-order valence-electron chi connectivity index (χ4n) is 2.53. The average molecular weight is 344 g/mol. The summed E-state index contributed by atoms with van der Waals surface area (Å²) in [6, 6.07) is 0. The van der Waals surface area contributed by atoms with Gasteiger partial charge in [0.05, 0.1) is 12.5 Å². The predicted octanol–water partition coefficient (Wildman–Crippen LogP) is 1.43. The van der Waals surface area contributed by atoms with Crippen molar-refractivity contribution in [2.75, 3.05) is 39.8 Å². The van der Waals surface area contributed by atoms with Gasteiger partial charge < -0.3 is 20.7 Å². The van der Waals surface area contributed by atoms with E-state index in [1.807, 2.05) is 0 Å². The van der Waals surface area contributed by atoms with Crippen LogP contribution in [0, 0.1) is 5.92 Å². The van der Waals surface area contributed by atoms with Crippen LogP contribution in [0.5, 0.6) is 0 Å². The van der Waals surface area contributed by atoms with E-state index in [1.54, 1.807) is 7.11 Å². The lowest BCUT2D eigenvalue weighted by molar-refractivity contribution is -0.123. The van der Waals surface area contributed by atoms with Crippen molar-refractivity contribution >= 4 is 30.7 Å². The molecule has 1 aliphatic rings. The summed E-state index contributed by atoms with van der Waals surface area (Å²) in [5, 5.41) is 3.01. The fourth-order valence-corrected chi connectivity index (χ4v) is 2.53. The summed E-state index contributed by atoms with van der Waals surface area (Å²) < 4.78 is 5.11. The first-order valence-corrected chi connectivity index (χ1v) is 7.41. The molecule has 0 saturated carbocycles. The number of rotatable bonds is 8. The Morgan fingerprint density at radius 1 is 1.38 bits per heavy atom. The first-order chi connectivity index (χ1) is 9.19. The Morgan fingerprint density at radius 2 is 2.00 bits per heavy atom. The summed E-state index contributed by atoms with van der Waals surface area (Å²) in [6.07, 6.45) is 3.79. The monoisotopic (exact) mass is 343 g/mol. The molecule has 1 amide bonds. The van der Waals surface area contributed by atoms with Gasteiger partial charge in [-0.05, 0) is 44.8 Å². The molecule has 1 rings (SSSR count). The van der Waals surface area contributed by atoms with Gasteiger partial charge in [-0.2, -0.15) is 0 Å². The average Bonchev–Trinajstić information content (AvgIpc) is 2.44. The number of piperidine rings is 1. The Kier molecular flexibility index (Phi) is 15.0. The van der Waals surface area contributed by atoms with Crippen LogP contribution in [0.25, 0.3) is 0 Å². The van der Waals surface area contributed by atoms with Crippen LogP contribution in [-0.4, -0.2) is 56.7 Å². The molecular weight excluding hydrogens is 313 g/mol. The maximum Gasteiger partial charge on any atom is 0.222 e. The molecule has 3 N–H and O–H groups in total. The van der Waals surface area contributed by atoms with Crippen molar-refractivity contribution in [3.8, 4) is 0 Å². The van der Waals surface area contributed by atoms with Crippen molar-refractivity contribution in [1.29, 1.82) is 0 Å². The standard InChI is InChI=1S/C14H29N3O2.2ClH/c1-3-6-17-7-4-12(5-8-17)11-16-14(18)9-13(10-15)19-2;;/h12-13H,3-11,15H2,1-2H3,(H,16,18);2*1H. The summed E-state index contributed by atoms with van der Waals surface area (Å²) >= 11 is 0. The lowest BCUT2D eigenvalue weighted by Crippen LogP contribution is -2.40. The van der Waals surface area contributed by atoms with E-state index in [0.29, 0.717) is 18.9 Å². The minimum absolute atomic E-state index is 0. The summed E-state index contributed by atoms with van der Waals surface area (Å²) in [5.74, 6) is 0.671. The van der Waals surface area contributed by atoms with Crippen LogP contribution in [0.4, 0.5) is 0 Å². The van der Waals surface area contributed by atoms with Gasteiger partial charge in [-0.15, -0.1) is 24.8 Å². The normalized spacial score (nSPS) is 17.5. The molecule has 0 aliphatic carbocycles. The predicted molar refractivity (Wildman–Crippen MR) is 91.4 cm³/mol. The highest BCUT2D eigenvalue weighted by Gasteiger charge is 2.19. The summed E-state index contributed by atoms with van der Waals surface area (Å²) in [5.41, 5.74) is 5.50. The fraction of sp³-hybridized carbons (Fsp3) is 0.929. The molecule has 1 saturated heterocycles. The molecule has 0 spiro atoms. The van der Waals surface area contributed by atoms with Gasteiger partial charge in [0.1, 0.15) is 0 Å². The molecule has 1 fully saturated rings. The van der Waals surface area contributed by atoms with Crippen molar-refractivity contribution in [1.82, 2.24) is 10.2 Å². The number of nitrogens with one attached hydrogen (secondary N) is 1. The van der Waals surface area contributed by atoms with Crippen molar-refractivity contribution in [3.05, 3.63) is 0 Å². The first kappa shape index (κ1) is 23.2. The second-order valence-electron chi connectivity index (χ2n) is 5.39. The van der Waals surface area contributed by atoms with Crippen LogP contribution in [0.1, 0.15) is 32.6 Å². The largest absolute Gasteiger partial charge is 0.380 e. The van der Waals surface area contributed by atoms with Crippen LogP contribution in [0.15, 0.2) is 0 Å². The number of amides is 1. The zero-order valence-electron chi connectivity index (χ0n) is 13.2. The minimum Gasteiger partial charge on any atom is -0.380 e. The Bertz CT molecular complexity index is 259. The zero-order chi connectivity index (χ0) is 14.1. The van der Waals surface area contributed by atoms with Gasteiger partial charge in [0.25, 0.3) is 0 Å². The molecule has 1 atom stereocenters. The quantitative estimate of drug-likeness (QED) is 0.699. The highest BCUT2D eigenvalue weighted by molar-refractivity contribution is 5.85. The first-order valence-electron chi connectivity index (χ1n) is 7.41. The van der Waals surface area contributed by atoms with E-state index in [0.717, 1.165) is 19.6 Å². The van der Waals surface area contributed by atoms with Crippen molar-refractivity contribution < 1.29 is 9.53 Å². The van der Waals surface area contributed by atoms with Gasteiger partial charge in [-0.1, -0.05) is 6.92 Å². The van der Waals surface area contributed by atoms with Crippen molar-refractivity contribution in [3.63, 3.8) is 0 Å². The lowest BCUT2D eigenvalue weighted by Gasteiger charge is -2.31. The molecule has 0 radical (unpaired) electrons. The van der Waals surface area contributed by atoms with E-state index in [2.05, 4.69) is 17.1 Å². The van der Waals surface area contributed by atoms with Crippen LogP contribution in [-0.2, 0) is 9.53 Å². The highest BCUT2D eigenvalue weighted by Crippen LogP contribution is 2.16. The van der Waals surface area contributed by atoms with Crippen molar-refractivity contribution in [2.45, 2.75) is 38.7 Å². The number of likely N-dealkylation sites (tertiary alicyclic amines) is 1. The number of ether oxygens (including phenoxy) is 1. The molecule has 7 heteroatoms. The van der Waals surface area contributed by atoms with E-state index in [-0.39, 0.29) is 36.8 Å². The van der Waals surface area contributed by atoms with Crippen LogP contribution >= 0.6 is 24.8 Å². The van der Waals surface area contributed by atoms with Crippen LogP contribution in [0.2, 0.25) is 0 Å². The van der Waals surface area contributed by atoms with E-state index in [9.17, 15) is 4.79 Å². The molecule has 1 heterocycles. The highest BCUT2D eigenvalue weighted by atomic mass is 35.5. The van der Waals surface area contributed by atoms with E-state index < -0.39 is 0 Å². The third-order valence-electron chi connectivity index (χ3n) is 3.84. The van der Waals surface area contributed by atoms with E-state index in [1.165, 1.54) is 25.8 Å². The van der Waals surface area contributed by atoms with Gasteiger partial charge >= 0.3 is 0 Å². The Balaban J connectivity index is 0. The van der Waals surface area contributed by atoms with Gasteiger partial charge in [-0.3, -0.25) is 4.79 Å². The number of halogens is 2. The summed E-state index contributed by atoms with van der Waals surface area (Å²) in [7, 11) is 1.59. The second kappa shape index (κ2) is 13.6. The number of hydrogen-bond donors (Lipinski definition) is 2. The Hall–Kier alpha value is -0.0700. The number of nitrogens with zero attached hydrogens (tertiary/aromatic N) is 1. The Labute approximate surface area is 141 Å². The molecule has 0 aromatic rings. The summed E-state index contributed by atoms with van der Waals surface area (Å²) in [6.45, 7) is 6.93. The number of hydrogen-bond acceptors (Lipinski definition) is 4. The third kappa shape index (κ3) is 9.53. The van der Waals surface area contributed by atoms with Crippen molar-refractivity contribution in [2.24, 2.45) is 11.7 Å². The molecule has 0 bridgehead atoms. The Morgan fingerprint density at radius 3 is 2.48 bits per heavy atom. The van der Waals surface area contributed by atoms with Crippen LogP contribution in [0.3, 0.4) is 0 Å². The number of nitrogens with two attached hydrogens (primary N) is 1. The summed E-state index contributed by atoms with van der Waals surface area (Å²) in [4.78, 5) is 14.2. The lowest BCUT2D eigenvalue weighted by atomic mass is 9.96. The maximum atomic E-state index is 11.7. The number of carbonyl (C=O) groups excluding carboxylic acids is 1. The molecule has 128 valence electrons. The molecule has 0 aromatic carbocycles. The van der Waals surface area contributed by atoms with E-state index >= 15 is 0 Å². The van der Waals surface area contributed by atoms with Gasteiger partial charge in [0.2, 0.25) is 5.91 Å². The molecule has 0 aromatic heterocycles. The second-order valence-corrected chi connectivity index (χ2v) is 5.39. The molecular formula is C14H31Cl2N3O2. The SMILES string of the molecule is CCCN1CCC(CNC(=O)CC(CN)OC)CC1.Cl.Cl. The topological polar surface area (TPSA) is 67.6 Å². The molecule has 1 unspecified atom stereocenters. The smallest absolute Gasteiger partial charge is 0.222 e. The molecule has 1 aliphatic heterocycles.